The molecule has 196 valence electrons. The third-order valence-electron chi connectivity index (χ3n) is 7.49. The topological polar surface area (TPSA) is 91.5 Å². The van der Waals surface area contributed by atoms with Crippen LogP contribution in [0.5, 0.6) is 0 Å². The lowest BCUT2D eigenvalue weighted by atomic mass is 9.69. The number of nitrogens with zero attached hydrogens (tertiary/aromatic N) is 5. The van der Waals surface area contributed by atoms with E-state index in [0.29, 0.717) is 46.4 Å². The second kappa shape index (κ2) is 9.45. The van der Waals surface area contributed by atoms with Gasteiger partial charge in [-0.2, -0.15) is 5.26 Å². The molecule has 0 spiro atoms. The van der Waals surface area contributed by atoms with E-state index in [1.807, 2.05) is 0 Å². The standard InChI is InChI=1S/C27H22BClF3N7/c28-27(16-1-3-17(30)4-2-16,22-13-39(38-37-22)19-5-6-19)36-18-9-20-23(35-14-26(7-8-26)25(31)32)15(11-33)12-34-24(20)21(29)10-18/h1-4,9-10,12-13,19,25,36H,5-8,14H2,(H,34,35). The Kier molecular flexibility index (Phi) is 6.18. The highest BCUT2D eigenvalue weighted by atomic mass is 35.5. The van der Waals surface area contributed by atoms with E-state index in [4.69, 9.17) is 19.4 Å². The van der Waals surface area contributed by atoms with Crippen LogP contribution in [0.4, 0.5) is 24.5 Å². The van der Waals surface area contributed by atoms with Crippen molar-refractivity contribution in [3.8, 4) is 6.07 Å². The van der Waals surface area contributed by atoms with Crippen molar-refractivity contribution in [1.29, 1.82) is 5.26 Å². The molecule has 2 aromatic heterocycles. The lowest BCUT2D eigenvalue weighted by Crippen LogP contribution is -2.37. The van der Waals surface area contributed by atoms with Gasteiger partial charge in [-0.3, -0.25) is 4.98 Å². The van der Waals surface area contributed by atoms with Gasteiger partial charge in [0, 0.05) is 29.2 Å². The van der Waals surface area contributed by atoms with E-state index in [1.54, 1.807) is 35.1 Å². The number of nitriles is 1. The van der Waals surface area contributed by atoms with Crippen LogP contribution in [0.1, 0.15) is 48.5 Å². The fourth-order valence-corrected chi connectivity index (χ4v) is 4.97. The van der Waals surface area contributed by atoms with Crippen molar-refractivity contribution in [1.82, 2.24) is 20.0 Å². The number of nitrogens with one attached hydrogen (secondary N) is 2. The first-order chi connectivity index (χ1) is 18.7. The lowest BCUT2D eigenvalue weighted by molar-refractivity contribution is 0.0688. The van der Waals surface area contributed by atoms with E-state index < -0.39 is 23.1 Å². The average Bonchev–Trinajstić information content (AvgIpc) is 3.86. The van der Waals surface area contributed by atoms with Gasteiger partial charge in [0.1, 0.15) is 25.4 Å². The zero-order chi connectivity index (χ0) is 27.4. The summed E-state index contributed by atoms with van der Waals surface area (Å²) in [5.74, 6) is -0.417. The van der Waals surface area contributed by atoms with E-state index in [2.05, 4.69) is 32.0 Å². The van der Waals surface area contributed by atoms with Crippen LogP contribution in [0.3, 0.4) is 0 Å². The Bertz CT molecular complexity index is 1600. The molecule has 39 heavy (non-hydrogen) atoms. The molecule has 2 aliphatic rings. The quantitative estimate of drug-likeness (QED) is 0.259. The molecule has 12 heteroatoms. The molecular formula is C27H22BClF3N7. The van der Waals surface area contributed by atoms with Gasteiger partial charge in [0.15, 0.2) is 0 Å². The summed E-state index contributed by atoms with van der Waals surface area (Å²) in [5.41, 5.74) is -0.186. The maximum Gasteiger partial charge on any atom is 0.245 e. The summed E-state index contributed by atoms with van der Waals surface area (Å²) in [5, 5.41) is 25.4. The van der Waals surface area contributed by atoms with Gasteiger partial charge < -0.3 is 10.6 Å². The third-order valence-corrected chi connectivity index (χ3v) is 7.78. The predicted molar refractivity (Wildman–Crippen MR) is 142 cm³/mol. The van der Waals surface area contributed by atoms with Gasteiger partial charge in [-0.25, -0.2) is 17.9 Å². The van der Waals surface area contributed by atoms with Crippen molar-refractivity contribution in [2.75, 3.05) is 17.2 Å². The van der Waals surface area contributed by atoms with E-state index in [9.17, 15) is 18.4 Å². The predicted octanol–water partition coefficient (Wildman–Crippen LogP) is 5.76. The zero-order valence-corrected chi connectivity index (χ0v) is 21.4. The Hall–Kier alpha value is -3.78. The molecule has 0 bridgehead atoms. The van der Waals surface area contributed by atoms with Crippen LogP contribution in [0.25, 0.3) is 10.9 Å². The number of hydrogen-bond acceptors (Lipinski definition) is 6. The molecule has 2 aliphatic carbocycles. The van der Waals surface area contributed by atoms with Gasteiger partial charge in [0.2, 0.25) is 6.43 Å². The van der Waals surface area contributed by atoms with E-state index >= 15 is 0 Å². The van der Waals surface area contributed by atoms with Crippen molar-refractivity contribution in [3.05, 3.63) is 76.5 Å². The van der Waals surface area contributed by atoms with Crippen molar-refractivity contribution < 1.29 is 13.2 Å². The average molecular weight is 548 g/mol. The first-order valence-corrected chi connectivity index (χ1v) is 12.9. The smallest absolute Gasteiger partial charge is 0.245 e. The van der Waals surface area contributed by atoms with Crippen LogP contribution < -0.4 is 10.6 Å². The molecule has 1 atom stereocenters. The summed E-state index contributed by atoms with van der Waals surface area (Å²) in [4.78, 5) is 4.33. The zero-order valence-electron chi connectivity index (χ0n) is 20.6. The molecular weight excluding hydrogens is 526 g/mol. The molecule has 2 saturated carbocycles. The molecule has 2 heterocycles. The number of halogens is 4. The number of rotatable bonds is 9. The van der Waals surface area contributed by atoms with E-state index in [0.717, 1.165) is 12.8 Å². The number of benzene rings is 2. The maximum absolute atomic E-state index is 13.8. The summed E-state index contributed by atoms with van der Waals surface area (Å²) in [7, 11) is 6.94. The van der Waals surface area contributed by atoms with Crippen LogP contribution in [-0.2, 0) is 5.44 Å². The van der Waals surface area contributed by atoms with Gasteiger partial charge in [0.25, 0.3) is 0 Å². The first-order valence-electron chi connectivity index (χ1n) is 12.5. The lowest BCUT2D eigenvalue weighted by Gasteiger charge is -2.32. The monoisotopic (exact) mass is 547 g/mol. The Morgan fingerprint density at radius 1 is 1.23 bits per heavy atom. The molecule has 0 amide bonds. The van der Waals surface area contributed by atoms with Crippen LogP contribution in [0, 0.1) is 22.6 Å². The molecule has 2 radical (unpaired) electrons. The van der Waals surface area contributed by atoms with Crippen molar-refractivity contribution in [2.24, 2.45) is 5.41 Å². The summed E-state index contributed by atoms with van der Waals surface area (Å²) >= 11 is 6.62. The molecule has 1 unspecified atom stereocenters. The Morgan fingerprint density at radius 2 is 1.97 bits per heavy atom. The van der Waals surface area contributed by atoms with E-state index in [-0.39, 0.29) is 23.2 Å². The summed E-state index contributed by atoms with van der Waals surface area (Å²) in [6.45, 7) is 0.00835. The molecule has 2 fully saturated rings. The molecule has 7 nitrogen and oxygen atoms in total. The number of alkyl halides is 2. The molecule has 4 aromatic rings. The highest BCUT2D eigenvalue weighted by molar-refractivity contribution is 6.36. The summed E-state index contributed by atoms with van der Waals surface area (Å²) in [6.07, 6.45) is 3.48. The van der Waals surface area contributed by atoms with Crippen molar-refractivity contribution in [2.45, 2.75) is 43.6 Å². The highest BCUT2D eigenvalue weighted by Gasteiger charge is 2.50. The van der Waals surface area contributed by atoms with Gasteiger partial charge in [-0.1, -0.05) is 28.9 Å². The number of hydrogen-bond donors (Lipinski definition) is 2. The van der Waals surface area contributed by atoms with E-state index in [1.165, 1.54) is 18.3 Å². The van der Waals surface area contributed by atoms with Gasteiger partial charge in [0.05, 0.1) is 39.5 Å². The van der Waals surface area contributed by atoms with Gasteiger partial charge >= 0.3 is 0 Å². The van der Waals surface area contributed by atoms with Crippen molar-refractivity contribution >= 4 is 41.7 Å². The largest absolute Gasteiger partial charge is 0.383 e. The summed E-state index contributed by atoms with van der Waals surface area (Å²) < 4.78 is 42.7. The second-order valence-corrected chi connectivity index (χ2v) is 10.7. The fraction of sp³-hybridized carbons (Fsp3) is 0.333. The Balaban J connectivity index is 1.43. The second-order valence-electron chi connectivity index (χ2n) is 10.3. The van der Waals surface area contributed by atoms with Gasteiger partial charge in [-0.05, 0) is 55.5 Å². The van der Waals surface area contributed by atoms with Crippen LogP contribution in [-0.4, -0.2) is 40.8 Å². The Labute approximate surface area is 228 Å². The van der Waals surface area contributed by atoms with Gasteiger partial charge in [-0.15, -0.1) is 5.10 Å². The normalized spacial score (nSPS) is 17.5. The minimum Gasteiger partial charge on any atom is -0.383 e. The number of anilines is 2. The molecule has 6 rings (SSSR count). The third kappa shape index (κ3) is 4.67. The molecule has 2 aromatic carbocycles. The maximum atomic E-state index is 13.8. The SMILES string of the molecule is [B]C(Nc1cc(Cl)c2ncc(C#N)c(NCC3(C(F)F)CC3)c2c1)(c1ccc(F)cc1)c1cn(C2CC2)nn1. The molecule has 0 saturated heterocycles. The molecule has 2 N–H and O–H groups in total. The minimum atomic E-state index is -2.47. The number of fused-ring (bicyclic) bond motifs is 1. The minimum absolute atomic E-state index is 0.00835. The van der Waals surface area contributed by atoms with Crippen LogP contribution in [0.2, 0.25) is 5.02 Å². The molecule has 0 aliphatic heterocycles. The summed E-state index contributed by atoms with van der Waals surface area (Å²) in [6, 6.07) is 11.4. The first kappa shape index (κ1) is 25.5. The Morgan fingerprint density at radius 3 is 2.62 bits per heavy atom. The van der Waals surface area contributed by atoms with Crippen molar-refractivity contribution in [3.63, 3.8) is 0 Å². The number of aromatic nitrogens is 4. The highest BCUT2D eigenvalue weighted by Crippen LogP contribution is 2.51. The van der Waals surface area contributed by atoms with Crippen LogP contribution in [0.15, 0.2) is 48.8 Å². The fourth-order valence-electron chi connectivity index (χ4n) is 4.70. The van der Waals surface area contributed by atoms with Crippen LogP contribution >= 0.6 is 11.6 Å². The number of pyridine rings is 1.